The highest BCUT2D eigenvalue weighted by atomic mass is 32.2. The van der Waals surface area contributed by atoms with E-state index in [9.17, 15) is 5.11 Å². The van der Waals surface area contributed by atoms with Crippen molar-refractivity contribution < 1.29 is 5.11 Å². The Kier molecular flexibility index (Phi) is 2.46. The lowest BCUT2D eigenvalue weighted by Crippen LogP contribution is -2.01. The van der Waals surface area contributed by atoms with Crippen molar-refractivity contribution in [2.45, 2.75) is 16.8 Å². The standard InChI is InChI=1S/C14H12OS/c15-14-11-6-2-1-5-10(11)9-16-13-8-4-3-7-12(13)14/h1-8,14-15H,9H2/t14-/m1/s1. The molecule has 1 nitrogen and oxygen atoms in total. The van der Waals surface area contributed by atoms with E-state index in [1.807, 2.05) is 36.4 Å². The fourth-order valence-corrected chi connectivity index (χ4v) is 3.19. The van der Waals surface area contributed by atoms with Crippen LogP contribution in [0.1, 0.15) is 22.8 Å². The first-order valence-corrected chi connectivity index (χ1v) is 6.32. The Morgan fingerprint density at radius 1 is 0.938 bits per heavy atom. The van der Waals surface area contributed by atoms with Crippen molar-refractivity contribution in [2.75, 3.05) is 0 Å². The smallest absolute Gasteiger partial charge is 0.105 e. The zero-order valence-electron chi connectivity index (χ0n) is 8.76. The number of benzene rings is 2. The minimum Gasteiger partial charge on any atom is -0.384 e. The van der Waals surface area contributed by atoms with Gasteiger partial charge in [-0.1, -0.05) is 42.5 Å². The third kappa shape index (κ3) is 1.55. The summed E-state index contributed by atoms with van der Waals surface area (Å²) in [6.07, 6.45) is -0.484. The van der Waals surface area contributed by atoms with Crippen LogP contribution in [0.15, 0.2) is 53.4 Å². The number of hydrogen-bond donors (Lipinski definition) is 1. The van der Waals surface area contributed by atoms with Crippen LogP contribution in [0.5, 0.6) is 0 Å². The molecule has 0 aromatic heterocycles. The van der Waals surface area contributed by atoms with Crippen LogP contribution in [0.3, 0.4) is 0 Å². The highest BCUT2D eigenvalue weighted by Gasteiger charge is 2.20. The van der Waals surface area contributed by atoms with Gasteiger partial charge in [-0.05, 0) is 22.8 Å². The minimum atomic E-state index is -0.484. The highest BCUT2D eigenvalue weighted by Crippen LogP contribution is 2.38. The van der Waals surface area contributed by atoms with E-state index in [0.717, 1.165) is 16.9 Å². The number of aliphatic hydroxyl groups excluding tert-OH is 1. The first-order valence-electron chi connectivity index (χ1n) is 5.34. The molecule has 0 radical (unpaired) electrons. The van der Waals surface area contributed by atoms with Crippen LogP contribution < -0.4 is 0 Å². The molecule has 3 rings (SSSR count). The fourth-order valence-electron chi connectivity index (χ4n) is 2.09. The van der Waals surface area contributed by atoms with Gasteiger partial charge >= 0.3 is 0 Å². The largest absolute Gasteiger partial charge is 0.384 e. The lowest BCUT2D eigenvalue weighted by molar-refractivity contribution is 0.217. The molecule has 1 atom stereocenters. The number of rotatable bonds is 0. The summed E-state index contributed by atoms with van der Waals surface area (Å²) in [6.45, 7) is 0. The summed E-state index contributed by atoms with van der Waals surface area (Å²) >= 11 is 1.80. The second-order valence-electron chi connectivity index (χ2n) is 3.93. The van der Waals surface area contributed by atoms with Crippen LogP contribution in [0.2, 0.25) is 0 Å². The third-order valence-electron chi connectivity index (χ3n) is 2.95. The Morgan fingerprint density at radius 2 is 1.62 bits per heavy atom. The van der Waals surface area contributed by atoms with E-state index in [1.54, 1.807) is 11.8 Å². The molecule has 0 saturated heterocycles. The van der Waals surface area contributed by atoms with E-state index in [0.29, 0.717) is 0 Å². The molecule has 1 N–H and O–H groups in total. The van der Waals surface area contributed by atoms with E-state index in [4.69, 9.17) is 0 Å². The topological polar surface area (TPSA) is 20.2 Å². The van der Waals surface area contributed by atoms with Crippen molar-refractivity contribution in [3.63, 3.8) is 0 Å². The van der Waals surface area contributed by atoms with E-state index < -0.39 is 6.10 Å². The first-order chi connectivity index (χ1) is 7.86. The molecule has 80 valence electrons. The van der Waals surface area contributed by atoms with Gasteiger partial charge in [0.25, 0.3) is 0 Å². The summed E-state index contributed by atoms with van der Waals surface area (Å²) in [7, 11) is 0. The molecule has 0 bridgehead atoms. The predicted octanol–water partition coefficient (Wildman–Crippen LogP) is 3.37. The zero-order chi connectivity index (χ0) is 11.0. The minimum absolute atomic E-state index is 0.484. The molecular weight excluding hydrogens is 216 g/mol. The average Bonchev–Trinajstić information content (AvgIpc) is 2.49. The molecule has 0 amide bonds. The Morgan fingerprint density at radius 3 is 2.50 bits per heavy atom. The summed E-state index contributed by atoms with van der Waals surface area (Å²) in [6, 6.07) is 16.2. The maximum absolute atomic E-state index is 10.4. The number of hydrogen-bond acceptors (Lipinski definition) is 2. The molecule has 0 saturated carbocycles. The van der Waals surface area contributed by atoms with Crippen molar-refractivity contribution in [3.05, 3.63) is 65.2 Å². The van der Waals surface area contributed by atoms with Gasteiger partial charge in [-0.15, -0.1) is 11.8 Å². The fraction of sp³-hybridized carbons (Fsp3) is 0.143. The quantitative estimate of drug-likeness (QED) is 0.746. The third-order valence-corrected chi connectivity index (χ3v) is 4.08. The lowest BCUT2D eigenvalue weighted by Gasteiger charge is -2.13. The second-order valence-corrected chi connectivity index (χ2v) is 4.95. The SMILES string of the molecule is O[C@@H]1c2ccccc2CSc2ccccc21. The molecule has 0 spiro atoms. The Labute approximate surface area is 99.1 Å². The van der Waals surface area contributed by atoms with Gasteiger partial charge in [0.2, 0.25) is 0 Å². The summed E-state index contributed by atoms with van der Waals surface area (Å²) in [5, 5.41) is 10.4. The normalized spacial score (nSPS) is 18.4. The van der Waals surface area contributed by atoms with Crippen LogP contribution in [0.25, 0.3) is 0 Å². The zero-order valence-corrected chi connectivity index (χ0v) is 9.58. The Hall–Kier alpha value is -1.25. The molecule has 0 unspecified atom stereocenters. The molecule has 1 aliphatic rings. The molecule has 2 aromatic carbocycles. The summed E-state index contributed by atoms with van der Waals surface area (Å²) in [5.41, 5.74) is 3.30. The van der Waals surface area contributed by atoms with Crippen molar-refractivity contribution in [1.82, 2.24) is 0 Å². The van der Waals surface area contributed by atoms with Gasteiger partial charge in [-0.2, -0.15) is 0 Å². The van der Waals surface area contributed by atoms with Crippen molar-refractivity contribution in [1.29, 1.82) is 0 Å². The van der Waals surface area contributed by atoms with Crippen LogP contribution in [-0.4, -0.2) is 5.11 Å². The molecular formula is C14H12OS. The van der Waals surface area contributed by atoms with E-state index in [-0.39, 0.29) is 0 Å². The molecule has 0 fully saturated rings. The van der Waals surface area contributed by atoms with Crippen molar-refractivity contribution >= 4 is 11.8 Å². The van der Waals surface area contributed by atoms with Crippen LogP contribution >= 0.6 is 11.8 Å². The first kappa shape index (κ1) is 9.94. The summed E-state index contributed by atoms with van der Waals surface area (Å²) < 4.78 is 0. The Balaban J connectivity index is 2.18. The van der Waals surface area contributed by atoms with E-state index in [1.165, 1.54) is 10.5 Å². The van der Waals surface area contributed by atoms with Gasteiger partial charge < -0.3 is 5.11 Å². The van der Waals surface area contributed by atoms with Gasteiger partial charge in [0, 0.05) is 10.6 Å². The summed E-state index contributed by atoms with van der Waals surface area (Å²) in [5.74, 6) is 0.935. The lowest BCUT2D eigenvalue weighted by atomic mass is 9.98. The van der Waals surface area contributed by atoms with Crippen molar-refractivity contribution in [3.8, 4) is 0 Å². The van der Waals surface area contributed by atoms with Gasteiger partial charge in [-0.25, -0.2) is 0 Å². The molecule has 0 aliphatic carbocycles. The van der Waals surface area contributed by atoms with E-state index in [2.05, 4.69) is 12.1 Å². The monoisotopic (exact) mass is 228 g/mol. The number of thioether (sulfide) groups is 1. The van der Waals surface area contributed by atoms with Gasteiger partial charge in [-0.3, -0.25) is 0 Å². The van der Waals surface area contributed by atoms with Crippen LogP contribution in [0.4, 0.5) is 0 Å². The van der Waals surface area contributed by atoms with E-state index >= 15 is 0 Å². The second kappa shape index (κ2) is 3.96. The predicted molar refractivity (Wildman–Crippen MR) is 66.5 cm³/mol. The number of fused-ring (bicyclic) bond motifs is 2. The average molecular weight is 228 g/mol. The molecule has 1 heterocycles. The maximum atomic E-state index is 10.4. The van der Waals surface area contributed by atoms with Gasteiger partial charge in [0.15, 0.2) is 0 Å². The van der Waals surface area contributed by atoms with Gasteiger partial charge in [0.1, 0.15) is 6.10 Å². The highest BCUT2D eigenvalue weighted by molar-refractivity contribution is 7.98. The van der Waals surface area contributed by atoms with Gasteiger partial charge in [0.05, 0.1) is 0 Å². The molecule has 1 aliphatic heterocycles. The summed E-state index contributed by atoms with van der Waals surface area (Å²) in [4.78, 5) is 1.19. The van der Waals surface area contributed by atoms with Crippen LogP contribution in [-0.2, 0) is 5.75 Å². The molecule has 2 aromatic rings. The maximum Gasteiger partial charge on any atom is 0.105 e. The van der Waals surface area contributed by atoms with Crippen LogP contribution in [0, 0.1) is 0 Å². The number of aliphatic hydroxyl groups is 1. The molecule has 16 heavy (non-hydrogen) atoms. The Bertz CT molecular complexity index is 474. The van der Waals surface area contributed by atoms with Crippen molar-refractivity contribution in [2.24, 2.45) is 0 Å². The molecule has 2 heteroatoms.